The number of hydrogen-bond acceptors (Lipinski definition) is 2. The summed E-state index contributed by atoms with van der Waals surface area (Å²) >= 11 is 0. The molecule has 1 aromatic carbocycles. The first-order valence-corrected chi connectivity index (χ1v) is 14.9. The molecular formula is C26H42O3Si. The van der Waals surface area contributed by atoms with Crippen LogP contribution in [-0.4, -0.2) is 25.5 Å². The van der Waals surface area contributed by atoms with E-state index in [9.17, 15) is 9.90 Å². The van der Waals surface area contributed by atoms with E-state index in [-0.39, 0.29) is 5.04 Å². The predicted molar refractivity (Wildman–Crippen MR) is 127 cm³/mol. The summed E-state index contributed by atoms with van der Waals surface area (Å²) in [5, 5.41) is 10.3. The van der Waals surface area contributed by atoms with Crippen LogP contribution in [0.25, 0.3) is 0 Å². The third-order valence-electron chi connectivity index (χ3n) is 8.18. The zero-order valence-electron chi connectivity index (χ0n) is 19.8. The number of aliphatic carboxylic acids is 1. The zero-order chi connectivity index (χ0) is 22.0. The number of carboxylic acid groups (broad SMARTS) is 1. The summed E-state index contributed by atoms with van der Waals surface area (Å²) in [6, 6.07) is 8.53. The number of benzene rings is 1. The van der Waals surface area contributed by atoms with Crippen molar-refractivity contribution in [3.8, 4) is 0 Å². The molecule has 4 heteroatoms. The van der Waals surface area contributed by atoms with Crippen LogP contribution in [0.15, 0.2) is 24.3 Å². The fraction of sp³-hybridized carbons (Fsp3) is 0.731. The minimum atomic E-state index is -1.69. The van der Waals surface area contributed by atoms with Crippen molar-refractivity contribution in [2.75, 3.05) is 0 Å². The molecule has 30 heavy (non-hydrogen) atoms. The van der Waals surface area contributed by atoms with Gasteiger partial charge in [0.1, 0.15) is 0 Å². The van der Waals surface area contributed by atoms with Gasteiger partial charge in [0.05, 0.1) is 5.41 Å². The van der Waals surface area contributed by atoms with Crippen molar-refractivity contribution in [2.24, 2.45) is 5.92 Å². The third-order valence-corrected chi connectivity index (χ3v) is 12.7. The van der Waals surface area contributed by atoms with E-state index in [1.165, 1.54) is 18.4 Å². The molecule has 2 aliphatic carbocycles. The normalized spacial score (nSPS) is 25.1. The van der Waals surface area contributed by atoms with Gasteiger partial charge in [0, 0.05) is 6.10 Å². The first kappa shape index (κ1) is 23.5. The van der Waals surface area contributed by atoms with Crippen molar-refractivity contribution in [1.82, 2.24) is 0 Å². The molecule has 0 saturated heterocycles. The van der Waals surface area contributed by atoms with E-state index in [2.05, 4.69) is 52.1 Å². The highest BCUT2D eigenvalue weighted by Crippen LogP contribution is 2.42. The Kier molecular flexibility index (Phi) is 7.18. The summed E-state index contributed by atoms with van der Waals surface area (Å²) in [7, 11) is -1.69. The Hall–Kier alpha value is -1.13. The average molecular weight is 431 g/mol. The van der Waals surface area contributed by atoms with Crippen LogP contribution in [0, 0.1) is 5.92 Å². The van der Waals surface area contributed by atoms with E-state index >= 15 is 0 Å². The maximum atomic E-state index is 12.2. The molecule has 0 amide bonds. The topological polar surface area (TPSA) is 46.5 Å². The van der Waals surface area contributed by atoms with Gasteiger partial charge in [-0.1, -0.05) is 64.3 Å². The van der Waals surface area contributed by atoms with E-state index in [4.69, 9.17) is 4.43 Å². The largest absolute Gasteiger partial charge is 0.481 e. The molecule has 0 unspecified atom stereocenters. The molecule has 2 aliphatic rings. The van der Waals surface area contributed by atoms with Crippen molar-refractivity contribution in [2.45, 2.75) is 115 Å². The van der Waals surface area contributed by atoms with Gasteiger partial charge in [-0.3, -0.25) is 4.79 Å². The van der Waals surface area contributed by atoms with Crippen molar-refractivity contribution in [3.05, 3.63) is 35.4 Å². The summed E-state index contributed by atoms with van der Waals surface area (Å²) in [5.74, 6) is 0.0503. The van der Waals surface area contributed by atoms with Crippen molar-refractivity contribution in [1.29, 1.82) is 0 Å². The van der Waals surface area contributed by atoms with Crippen molar-refractivity contribution < 1.29 is 14.3 Å². The van der Waals surface area contributed by atoms with E-state index in [1.54, 1.807) is 0 Å². The first-order chi connectivity index (χ1) is 14.0. The monoisotopic (exact) mass is 430 g/mol. The van der Waals surface area contributed by atoms with Crippen LogP contribution in [0.4, 0.5) is 0 Å². The van der Waals surface area contributed by atoms with Gasteiger partial charge in [-0.25, -0.2) is 0 Å². The van der Waals surface area contributed by atoms with Gasteiger partial charge in [0.2, 0.25) is 0 Å². The minimum Gasteiger partial charge on any atom is -0.481 e. The second-order valence-electron chi connectivity index (χ2n) is 11.4. The van der Waals surface area contributed by atoms with Gasteiger partial charge in [-0.2, -0.15) is 0 Å². The molecule has 168 valence electrons. The molecule has 2 saturated carbocycles. The SMILES string of the molecule is CC(C)(C)[Si](C)(C)O[C@H]1CC[C@H](Cc2cccc(C3(C(=O)O)CCCCC3)c2)CC1. The van der Waals surface area contributed by atoms with Crippen LogP contribution in [0.3, 0.4) is 0 Å². The minimum absolute atomic E-state index is 0.267. The quantitative estimate of drug-likeness (QED) is 0.490. The number of carboxylic acids is 1. The maximum Gasteiger partial charge on any atom is 0.314 e. The van der Waals surface area contributed by atoms with Gasteiger partial charge in [0.25, 0.3) is 0 Å². The molecule has 1 aromatic rings. The summed E-state index contributed by atoms with van der Waals surface area (Å²) in [6.45, 7) is 11.7. The lowest BCUT2D eigenvalue weighted by atomic mass is 9.69. The van der Waals surface area contributed by atoms with Gasteiger partial charge < -0.3 is 9.53 Å². The summed E-state index contributed by atoms with van der Waals surface area (Å²) in [4.78, 5) is 12.2. The van der Waals surface area contributed by atoms with Crippen molar-refractivity contribution >= 4 is 14.3 Å². The third kappa shape index (κ3) is 5.19. The molecule has 0 aromatic heterocycles. The van der Waals surface area contributed by atoms with Crippen molar-refractivity contribution in [3.63, 3.8) is 0 Å². The zero-order valence-corrected chi connectivity index (χ0v) is 20.8. The molecule has 0 bridgehead atoms. The van der Waals surface area contributed by atoms with E-state index in [1.807, 2.05) is 6.07 Å². The lowest BCUT2D eigenvalue weighted by molar-refractivity contribution is -0.145. The Balaban J connectivity index is 1.61. The summed E-state index contributed by atoms with van der Waals surface area (Å²) in [6.07, 6.45) is 11.0. The van der Waals surface area contributed by atoms with Gasteiger partial charge >= 0.3 is 5.97 Å². The first-order valence-electron chi connectivity index (χ1n) is 12.0. The molecule has 2 fully saturated rings. The predicted octanol–water partition coefficient (Wildman–Crippen LogP) is 7.10. The molecule has 1 N–H and O–H groups in total. The molecule has 3 nitrogen and oxygen atoms in total. The van der Waals surface area contributed by atoms with Crippen LogP contribution in [0.2, 0.25) is 18.1 Å². The number of carbonyl (C=O) groups is 1. The smallest absolute Gasteiger partial charge is 0.314 e. The van der Waals surface area contributed by atoms with E-state index in [0.29, 0.717) is 12.0 Å². The summed E-state index contributed by atoms with van der Waals surface area (Å²) < 4.78 is 6.65. The molecule has 0 aliphatic heterocycles. The average Bonchev–Trinajstić information content (AvgIpc) is 2.69. The van der Waals surface area contributed by atoms with Crippen LogP contribution in [0.1, 0.15) is 89.7 Å². The Morgan fingerprint density at radius 2 is 1.73 bits per heavy atom. The second-order valence-corrected chi connectivity index (χ2v) is 16.1. The lowest BCUT2D eigenvalue weighted by Gasteiger charge is -2.41. The molecule has 0 atom stereocenters. The lowest BCUT2D eigenvalue weighted by Crippen LogP contribution is -2.44. The van der Waals surface area contributed by atoms with Gasteiger partial charge in [0.15, 0.2) is 8.32 Å². The molecule has 3 rings (SSSR count). The Morgan fingerprint density at radius 1 is 1.10 bits per heavy atom. The molecule has 0 heterocycles. The Bertz CT molecular complexity index is 720. The highest BCUT2D eigenvalue weighted by atomic mass is 28.4. The van der Waals surface area contributed by atoms with Crippen LogP contribution >= 0.6 is 0 Å². The fourth-order valence-electron chi connectivity index (χ4n) is 5.16. The second kappa shape index (κ2) is 9.16. The Morgan fingerprint density at radius 3 is 2.30 bits per heavy atom. The number of rotatable bonds is 6. The van der Waals surface area contributed by atoms with Crippen LogP contribution in [0.5, 0.6) is 0 Å². The molecular weight excluding hydrogens is 388 g/mol. The Labute approximate surface area is 184 Å². The highest BCUT2D eigenvalue weighted by Gasteiger charge is 2.42. The van der Waals surface area contributed by atoms with Gasteiger partial charge in [-0.15, -0.1) is 0 Å². The van der Waals surface area contributed by atoms with Gasteiger partial charge in [-0.05, 0) is 80.1 Å². The number of hydrogen-bond donors (Lipinski definition) is 1. The molecule has 0 spiro atoms. The van der Waals surface area contributed by atoms with Crippen LogP contribution < -0.4 is 0 Å². The van der Waals surface area contributed by atoms with Crippen LogP contribution in [-0.2, 0) is 21.1 Å². The summed E-state index contributed by atoms with van der Waals surface area (Å²) in [5.41, 5.74) is 1.68. The van der Waals surface area contributed by atoms with E-state index < -0.39 is 19.7 Å². The molecule has 0 radical (unpaired) electrons. The standard InChI is InChI=1S/C26H42O3Si/c1-25(2,3)30(4,5)29-23-14-12-20(13-15-23)18-21-10-9-11-22(19-21)26(24(27)28)16-7-6-8-17-26/h9-11,19-20,23H,6-8,12-18H2,1-5H3,(H,27,28)/t20-,23-. The maximum absolute atomic E-state index is 12.2. The highest BCUT2D eigenvalue weighted by molar-refractivity contribution is 6.74. The van der Waals surface area contributed by atoms with E-state index in [0.717, 1.165) is 56.9 Å². The fourth-order valence-corrected chi connectivity index (χ4v) is 6.58.